The Labute approximate surface area is 55.7 Å². The Bertz CT molecular complexity index is 204. The molecular formula is C5H7N2OP. The Morgan fingerprint density at radius 1 is 1.67 bits per heavy atom. The molecule has 0 aliphatic heterocycles. The van der Waals surface area contributed by atoms with E-state index in [9.17, 15) is 0 Å². The van der Waals surface area contributed by atoms with Crippen LogP contribution in [0.1, 0.15) is 0 Å². The lowest BCUT2D eigenvalue weighted by Gasteiger charge is -1.94. The predicted octanol–water partition coefficient (Wildman–Crippen LogP) is -0.0144. The highest BCUT2D eigenvalue weighted by Gasteiger charge is 1.90. The Hall–Kier alpha value is -0.690. The second kappa shape index (κ2) is 2.74. The van der Waals surface area contributed by atoms with E-state index in [0.717, 1.165) is 5.44 Å². The lowest BCUT2D eigenvalue weighted by Crippen LogP contribution is -2.00. The van der Waals surface area contributed by atoms with Crippen LogP contribution in [0.15, 0.2) is 12.3 Å². The SMILES string of the molecule is COc1nccc(P)n1. The summed E-state index contributed by atoms with van der Waals surface area (Å²) in [5.41, 5.74) is 0.835. The molecule has 1 aromatic rings. The molecule has 0 aromatic carbocycles. The number of nitrogens with zero attached hydrogens (tertiary/aromatic N) is 2. The van der Waals surface area contributed by atoms with Gasteiger partial charge in [-0.1, -0.05) is 9.24 Å². The average molecular weight is 142 g/mol. The molecule has 9 heavy (non-hydrogen) atoms. The largest absolute Gasteiger partial charge is 0.467 e. The van der Waals surface area contributed by atoms with E-state index >= 15 is 0 Å². The van der Waals surface area contributed by atoms with Gasteiger partial charge in [-0.25, -0.2) is 4.98 Å². The molecule has 0 aliphatic rings. The topological polar surface area (TPSA) is 35.0 Å². The van der Waals surface area contributed by atoms with Gasteiger partial charge in [0.15, 0.2) is 0 Å². The number of aromatic nitrogens is 2. The summed E-state index contributed by atoms with van der Waals surface area (Å²) in [7, 11) is 4.00. The lowest BCUT2D eigenvalue weighted by atomic mass is 10.7. The van der Waals surface area contributed by atoms with Gasteiger partial charge in [0.2, 0.25) is 0 Å². The fourth-order valence-electron chi connectivity index (χ4n) is 0.452. The predicted molar refractivity (Wildman–Crippen MR) is 37.9 cm³/mol. The van der Waals surface area contributed by atoms with Crippen molar-refractivity contribution in [1.82, 2.24) is 9.97 Å². The normalized spacial score (nSPS) is 9.11. The number of hydrogen-bond acceptors (Lipinski definition) is 3. The molecule has 1 heterocycles. The monoisotopic (exact) mass is 142 g/mol. The molecule has 0 fully saturated rings. The Balaban J connectivity index is 2.94. The maximum absolute atomic E-state index is 4.76. The van der Waals surface area contributed by atoms with Gasteiger partial charge in [-0.2, -0.15) is 4.98 Å². The minimum absolute atomic E-state index is 0.405. The number of rotatable bonds is 1. The maximum atomic E-state index is 4.76. The van der Waals surface area contributed by atoms with Crippen molar-refractivity contribution < 1.29 is 4.74 Å². The summed E-state index contributed by atoms with van der Waals surface area (Å²) in [6.07, 6.45) is 1.65. The summed E-state index contributed by atoms with van der Waals surface area (Å²) < 4.78 is 4.76. The van der Waals surface area contributed by atoms with Crippen molar-refractivity contribution in [2.45, 2.75) is 0 Å². The second-order valence-corrected chi connectivity index (χ2v) is 2.06. The minimum Gasteiger partial charge on any atom is -0.467 e. The summed E-state index contributed by atoms with van der Waals surface area (Å²) in [4.78, 5) is 7.73. The Morgan fingerprint density at radius 3 is 2.89 bits per heavy atom. The molecule has 4 heteroatoms. The van der Waals surface area contributed by atoms with Gasteiger partial charge in [-0.3, -0.25) is 0 Å². The molecule has 1 unspecified atom stereocenters. The Kier molecular flexibility index (Phi) is 1.96. The molecule has 0 aliphatic carbocycles. The van der Waals surface area contributed by atoms with Crippen LogP contribution in [-0.4, -0.2) is 17.1 Å². The van der Waals surface area contributed by atoms with Crippen LogP contribution in [0.2, 0.25) is 0 Å². The zero-order valence-electron chi connectivity index (χ0n) is 5.03. The van der Waals surface area contributed by atoms with Crippen LogP contribution in [0.4, 0.5) is 0 Å². The van der Waals surface area contributed by atoms with Crippen LogP contribution < -0.4 is 10.2 Å². The van der Waals surface area contributed by atoms with Gasteiger partial charge in [0, 0.05) is 6.20 Å². The highest BCUT2D eigenvalue weighted by Crippen LogP contribution is 1.95. The number of ether oxygens (including phenoxy) is 1. The van der Waals surface area contributed by atoms with Crippen molar-refractivity contribution in [3.63, 3.8) is 0 Å². The summed E-state index contributed by atoms with van der Waals surface area (Å²) in [6.45, 7) is 0. The molecule has 1 atom stereocenters. The van der Waals surface area contributed by atoms with E-state index in [1.807, 2.05) is 0 Å². The van der Waals surface area contributed by atoms with Crippen molar-refractivity contribution in [1.29, 1.82) is 0 Å². The van der Waals surface area contributed by atoms with Crippen molar-refractivity contribution in [2.75, 3.05) is 7.11 Å². The third kappa shape index (κ3) is 1.61. The first-order chi connectivity index (χ1) is 4.33. The first-order valence-corrected chi connectivity index (χ1v) is 3.03. The van der Waals surface area contributed by atoms with Crippen LogP contribution in [-0.2, 0) is 0 Å². The fourth-order valence-corrected chi connectivity index (χ4v) is 0.649. The van der Waals surface area contributed by atoms with E-state index in [1.54, 1.807) is 19.4 Å². The van der Waals surface area contributed by atoms with Gasteiger partial charge in [0.1, 0.15) is 0 Å². The van der Waals surface area contributed by atoms with Crippen LogP contribution >= 0.6 is 9.24 Å². The van der Waals surface area contributed by atoms with Gasteiger partial charge >= 0.3 is 6.01 Å². The van der Waals surface area contributed by atoms with E-state index in [4.69, 9.17) is 4.74 Å². The van der Waals surface area contributed by atoms with Crippen LogP contribution in [0.3, 0.4) is 0 Å². The highest BCUT2D eigenvalue weighted by molar-refractivity contribution is 7.26. The third-order valence-corrected chi connectivity index (χ3v) is 1.16. The molecule has 48 valence electrons. The zero-order chi connectivity index (χ0) is 6.69. The van der Waals surface area contributed by atoms with Gasteiger partial charge in [-0.05, 0) is 6.07 Å². The third-order valence-electron chi connectivity index (χ3n) is 0.838. The molecule has 0 spiro atoms. The molecule has 0 amide bonds. The molecule has 0 radical (unpaired) electrons. The van der Waals surface area contributed by atoms with Crippen LogP contribution in [0.5, 0.6) is 6.01 Å². The molecule has 0 saturated heterocycles. The highest BCUT2D eigenvalue weighted by atomic mass is 31.0. The van der Waals surface area contributed by atoms with E-state index in [1.165, 1.54) is 0 Å². The van der Waals surface area contributed by atoms with Crippen LogP contribution in [0, 0.1) is 0 Å². The molecule has 1 rings (SSSR count). The van der Waals surface area contributed by atoms with E-state index in [-0.39, 0.29) is 0 Å². The molecule has 3 nitrogen and oxygen atoms in total. The summed E-state index contributed by atoms with van der Waals surface area (Å²) >= 11 is 0. The van der Waals surface area contributed by atoms with Gasteiger partial charge in [0.05, 0.1) is 12.5 Å². The standard InChI is InChI=1S/C5H7N2OP/c1-8-5-6-3-2-4(9)7-5/h2-3H,9H2,1H3. The van der Waals surface area contributed by atoms with Crippen molar-refractivity contribution in [3.05, 3.63) is 12.3 Å². The van der Waals surface area contributed by atoms with Crippen molar-refractivity contribution in [2.24, 2.45) is 0 Å². The van der Waals surface area contributed by atoms with E-state index in [0.29, 0.717) is 6.01 Å². The maximum Gasteiger partial charge on any atom is 0.316 e. The molecular weight excluding hydrogens is 135 g/mol. The molecule has 0 saturated carbocycles. The first kappa shape index (κ1) is 6.43. The zero-order valence-corrected chi connectivity index (χ0v) is 6.19. The smallest absolute Gasteiger partial charge is 0.316 e. The van der Waals surface area contributed by atoms with Crippen LogP contribution in [0.25, 0.3) is 0 Å². The summed E-state index contributed by atoms with van der Waals surface area (Å²) in [5.74, 6) is 0. The van der Waals surface area contributed by atoms with E-state index in [2.05, 4.69) is 19.2 Å². The average Bonchev–Trinajstić information content (AvgIpc) is 1.88. The lowest BCUT2D eigenvalue weighted by molar-refractivity contribution is 0.381. The molecule has 1 aromatic heterocycles. The minimum atomic E-state index is 0.405. The van der Waals surface area contributed by atoms with Crippen molar-refractivity contribution in [3.8, 4) is 6.01 Å². The van der Waals surface area contributed by atoms with Gasteiger partial charge in [-0.15, -0.1) is 0 Å². The fraction of sp³-hybridized carbons (Fsp3) is 0.200. The first-order valence-electron chi connectivity index (χ1n) is 2.45. The Morgan fingerprint density at radius 2 is 2.44 bits per heavy atom. The number of hydrogen-bond donors (Lipinski definition) is 0. The van der Waals surface area contributed by atoms with Gasteiger partial charge < -0.3 is 4.74 Å². The van der Waals surface area contributed by atoms with E-state index < -0.39 is 0 Å². The quantitative estimate of drug-likeness (QED) is 0.517. The van der Waals surface area contributed by atoms with Crippen molar-refractivity contribution >= 4 is 14.7 Å². The molecule has 0 N–H and O–H groups in total. The summed E-state index contributed by atoms with van der Waals surface area (Å²) in [5, 5.41) is 0. The molecule has 0 bridgehead atoms. The second-order valence-electron chi connectivity index (χ2n) is 1.47. The summed E-state index contributed by atoms with van der Waals surface area (Å²) in [6, 6.07) is 2.19. The van der Waals surface area contributed by atoms with Gasteiger partial charge in [0.25, 0.3) is 0 Å². The number of methoxy groups -OCH3 is 1.